The van der Waals surface area contributed by atoms with Gasteiger partial charge in [-0.3, -0.25) is 4.79 Å². The normalized spacial score (nSPS) is 30.8. The Bertz CT molecular complexity index is 200. The van der Waals surface area contributed by atoms with Gasteiger partial charge in [0.1, 0.15) is 0 Å². The van der Waals surface area contributed by atoms with Gasteiger partial charge in [0.2, 0.25) is 5.91 Å². The number of carbonyl (C=O) groups is 1. The van der Waals surface area contributed by atoms with Gasteiger partial charge in [-0.05, 0) is 24.7 Å². The molecule has 1 aliphatic carbocycles. The number of hydrogen-bond donors (Lipinski definition) is 1. The molecule has 1 saturated carbocycles. The Labute approximate surface area is 80.9 Å². The van der Waals surface area contributed by atoms with Crippen LogP contribution < -0.4 is 5.73 Å². The van der Waals surface area contributed by atoms with Gasteiger partial charge < -0.3 is 5.73 Å². The second kappa shape index (κ2) is 3.69. The molecule has 0 aliphatic heterocycles. The fourth-order valence-electron chi connectivity index (χ4n) is 2.44. The summed E-state index contributed by atoms with van der Waals surface area (Å²) in [6, 6.07) is 0. The predicted molar refractivity (Wildman–Crippen MR) is 53.9 cm³/mol. The first-order chi connectivity index (χ1) is 5.98. The second-order valence-electron chi connectivity index (χ2n) is 4.58. The van der Waals surface area contributed by atoms with Gasteiger partial charge in [-0.25, -0.2) is 0 Å². The lowest BCUT2D eigenvalue weighted by Crippen LogP contribution is -2.43. The lowest BCUT2D eigenvalue weighted by molar-refractivity contribution is -0.127. The average Bonchev–Trinajstić information content (AvgIpc) is 2.04. The summed E-state index contributed by atoms with van der Waals surface area (Å²) >= 11 is 0. The van der Waals surface area contributed by atoms with Crippen molar-refractivity contribution in [3.05, 3.63) is 5.92 Å². The Balaban J connectivity index is 2.83. The monoisotopic (exact) mass is 182 g/mol. The van der Waals surface area contributed by atoms with Gasteiger partial charge in [0.05, 0.1) is 5.41 Å². The molecule has 0 saturated heterocycles. The highest BCUT2D eigenvalue weighted by atomic mass is 16.1. The molecule has 0 aromatic rings. The van der Waals surface area contributed by atoms with Crippen LogP contribution in [0.3, 0.4) is 0 Å². The van der Waals surface area contributed by atoms with Crippen LogP contribution in [0.15, 0.2) is 0 Å². The molecule has 0 aromatic heterocycles. The minimum atomic E-state index is -0.327. The van der Waals surface area contributed by atoms with Crippen LogP contribution in [0.5, 0.6) is 0 Å². The van der Waals surface area contributed by atoms with Gasteiger partial charge in [-0.1, -0.05) is 33.6 Å². The van der Waals surface area contributed by atoms with E-state index < -0.39 is 0 Å². The molecule has 0 spiro atoms. The van der Waals surface area contributed by atoms with E-state index in [2.05, 4.69) is 13.8 Å². The van der Waals surface area contributed by atoms with Crippen LogP contribution in [0.25, 0.3) is 0 Å². The molecule has 1 fully saturated rings. The number of primary amides is 1. The molecule has 1 radical (unpaired) electrons. The van der Waals surface area contributed by atoms with Crippen LogP contribution >= 0.6 is 0 Å². The lowest BCUT2D eigenvalue weighted by atomic mass is 9.63. The van der Waals surface area contributed by atoms with Crippen molar-refractivity contribution in [2.45, 2.75) is 46.5 Å². The van der Waals surface area contributed by atoms with Crippen molar-refractivity contribution in [1.29, 1.82) is 0 Å². The molecule has 0 bridgehead atoms. The summed E-state index contributed by atoms with van der Waals surface area (Å²) in [5.74, 6) is 1.69. The zero-order chi connectivity index (χ0) is 10.1. The number of amides is 1. The van der Waals surface area contributed by atoms with E-state index in [-0.39, 0.29) is 11.3 Å². The molecule has 0 aromatic carbocycles. The van der Waals surface area contributed by atoms with Gasteiger partial charge in [0.15, 0.2) is 0 Å². The van der Waals surface area contributed by atoms with Crippen molar-refractivity contribution in [2.24, 2.45) is 17.1 Å². The Hall–Kier alpha value is -0.530. The highest BCUT2D eigenvalue weighted by Gasteiger charge is 2.43. The van der Waals surface area contributed by atoms with Crippen molar-refractivity contribution >= 4 is 5.91 Å². The molecule has 2 N–H and O–H groups in total. The summed E-state index contributed by atoms with van der Waals surface area (Å²) in [5.41, 5.74) is 5.14. The Morgan fingerprint density at radius 1 is 1.46 bits per heavy atom. The third kappa shape index (κ3) is 1.87. The van der Waals surface area contributed by atoms with E-state index in [1.165, 1.54) is 12.3 Å². The molecular weight excluding hydrogens is 162 g/mol. The van der Waals surface area contributed by atoms with E-state index in [1.807, 2.05) is 6.92 Å². The number of carbonyl (C=O) groups excluding carboxylic acids is 1. The minimum Gasteiger partial charge on any atom is -0.369 e. The smallest absolute Gasteiger partial charge is 0.223 e. The minimum absolute atomic E-state index is 0.143. The maximum atomic E-state index is 11.4. The standard InChI is InChI=1S/C11H20NO/c1-8(2)9-6-4-5-7-11(9,3)10(12)13/h8H,4-7H2,1-3H3,(H2,12,13). The fraction of sp³-hybridized carbons (Fsp3) is 0.818. The van der Waals surface area contributed by atoms with E-state index >= 15 is 0 Å². The summed E-state index contributed by atoms with van der Waals surface area (Å²) in [5, 5.41) is 0. The Kier molecular flexibility index (Phi) is 2.99. The van der Waals surface area contributed by atoms with Crippen molar-refractivity contribution in [3.63, 3.8) is 0 Å². The first-order valence-electron chi connectivity index (χ1n) is 5.14. The second-order valence-corrected chi connectivity index (χ2v) is 4.58. The van der Waals surface area contributed by atoms with E-state index in [1.54, 1.807) is 0 Å². The summed E-state index contributed by atoms with van der Waals surface area (Å²) in [7, 11) is 0. The molecule has 75 valence electrons. The molecule has 1 amide bonds. The highest BCUT2D eigenvalue weighted by molar-refractivity contribution is 5.83. The molecule has 1 unspecified atom stereocenters. The number of hydrogen-bond acceptors (Lipinski definition) is 1. The SMILES string of the molecule is CC(C)[C]1CCCCC1(C)C(N)=O. The lowest BCUT2D eigenvalue weighted by Gasteiger charge is -2.40. The van der Waals surface area contributed by atoms with Crippen LogP contribution in [-0.4, -0.2) is 5.91 Å². The van der Waals surface area contributed by atoms with E-state index in [9.17, 15) is 4.79 Å². The summed E-state index contributed by atoms with van der Waals surface area (Å²) in [4.78, 5) is 11.4. The Morgan fingerprint density at radius 3 is 2.46 bits per heavy atom. The van der Waals surface area contributed by atoms with Gasteiger partial charge >= 0.3 is 0 Å². The number of rotatable bonds is 2. The topological polar surface area (TPSA) is 43.1 Å². The first-order valence-corrected chi connectivity index (χ1v) is 5.14. The third-order valence-electron chi connectivity index (χ3n) is 3.32. The maximum absolute atomic E-state index is 11.4. The van der Waals surface area contributed by atoms with Crippen LogP contribution in [-0.2, 0) is 4.79 Å². The largest absolute Gasteiger partial charge is 0.369 e. The molecule has 2 heteroatoms. The molecule has 1 aliphatic rings. The van der Waals surface area contributed by atoms with Crippen LogP contribution in [0.4, 0.5) is 0 Å². The van der Waals surface area contributed by atoms with Crippen LogP contribution in [0.1, 0.15) is 46.5 Å². The summed E-state index contributed by atoms with van der Waals surface area (Å²) < 4.78 is 0. The summed E-state index contributed by atoms with van der Waals surface area (Å²) in [6.45, 7) is 6.31. The molecule has 1 rings (SSSR count). The van der Waals surface area contributed by atoms with Crippen molar-refractivity contribution < 1.29 is 4.79 Å². The van der Waals surface area contributed by atoms with Crippen molar-refractivity contribution in [3.8, 4) is 0 Å². The molecular formula is C11H20NO. The first kappa shape index (κ1) is 10.6. The Morgan fingerprint density at radius 2 is 2.08 bits per heavy atom. The van der Waals surface area contributed by atoms with Gasteiger partial charge in [0, 0.05) is 0 Å². The third-order valence-corrected chi connectivity index (χ3v) is 3.32. The molecule has 1 atom stereocenters. The van der Waals surface area contributed by atoms with Crippen LogP contribution in [0.2, 0.25) is 0 Å². The van der Waals surface area contributed by atoms with Gasteiger partial charge in [-0.15, -0.1) is 0 Å². The predicted octanol–water partition coefficient (Wildman–Crippen LogP) is 2.28. The van der Waals surface area contributed by atoms with Gasteiger partial charge in [0.25, 0.3) is 0 Å². The van der Waals surface area contributed by atoms with E-state index in [0.29, 0.717) is 5.92 Å². The molecule has 0 heterocycles. The molecule has 2 nitrogen and oxygen atoms in total. The summed E-state index contributed by atoms with van der Waals surface area (Å²) in [6.07, 6.45) is 4.37. The van der Waals surface area contributed by atoms with E-state index in [4.69, 9.17) is 5.73 Å². The van der Waals surface area contributed by atoms with Gasteiger partial charge in [-0.2, -0.15) is 0 Å². The fourth-order valence-corrected chi connectivity index (χ4v) is 2.44. The van der Waals surface area contributed by atoms with E-state index in [0.717, 1.165) is 19.3 Å². The quantitative estimate of drug-likeness (QED) is 0.699. The van der Waals surface area contributed by atoms with Crippen molar-refractivity contribution in [2.75, 3.05) is 0 Å². The number of nitrogens with two attached hydrogens (primary N) is 1. The zero-order valence-corrected chi connectivity index (χ0v) is 8.89. The highest BCUT2D eigenvalue weighted by Crippen LogP contribution is 2.46. The maximum Gasteiger partial charge on any atom is 0.223 e. The average molecular weight is 182 g/mol. The van der Waals surface area contributed by atoms with Crippen LogP contribution in [0, 0.1) is 17.3 Å². The zero-order valence-electron chi connectivity index (χ0n) is 8.89. The van der Waals surface area contributed by atoms with Crippen molar-refractivity contribution in [1.82, 2.24) is 0 Å². The molecule has 13 heavy (non-hydrogen) atoms.